The summed E-state index contributed by atoms with van der Waals surface area (Å²) in [4.78, 5) is 45.2. The molecule has 1 fully saturated rings. The number of benzene rings is 2. The minimum Gasteiger partial charge on any atom is -0.342 e. The van der Waals surface area contributed by atoms with Crippen LogP contribution in [0.25, 0.3) is 0 Å². The van der Waals surface area contributed by atoms with Crippen molar-refractivity contribution in [2.75, 3.05) is 33.2 Å². The van der Waals surface area contributed by atoms with Crippen molar-refractivity contribution in [2.24, 2.45) is 5.41 Å². The molecule has 3 N–H and O–H groups in total. The third kappa shape index (κ3) is 10.4. The van der Waals surface area contributed by atoms with Gasteiger partial charge >= 0.3 is 0 Å². The molecule has 0 radical (unpaired) electrons. The van der Waals surface area contributed by atoms with Gasteiger partial charge in [-0.2, -0.15) is 0 Å². The molecular weight excluding hydrogens is 550 g/mol. The second-order valence-corrected chi connectivity index (χ2v) is 13.2. The van der Waals surface area contributed by atoms with Crippen LogP contribution in [-0.4, -0.2) is 84.9 Å². The maximum absolute atomic E-state index is 14.4. The van der Waals surface area contributed by atoms with E-state index in [1.54, 1.807) is 14.0 Å². The summed E-state index contributed by atoms with van der Waals surface area (Å²) in [6.45, 7) is 12.3. The van der Waals surface area contributed by atoms with Crippen molar-refractivity contribution in [1.29, 1.82) is 0 Å². The van der Waals surface area contributed by atoms with E-state index in [0.717, 1.165) is 44.2 Å². The second kappa shape index (κ2) is 17.3. The predicted molar refractivity (Wildman–Crippen MR) is 178 cm³/mol. The average Bonchev–Trinajstić information content (AvgIpc) is 3.49. The van der Waals surface area contributed by atoms with Gasteiger partial charge < -0.3 is 25.8 Å². The molecule has 3 rings (SSSR count). The Morgan fingerprint density at radius 3 is 2.23 bits per heavy atom. The number of nitrogens with one attached hydrogen (secondary N) is 3. The fraction of sp³-hybridized carbons (Fsp3) is 0.583. The molecule has 0 saturated carbocycles. The molecule has 1 saturated heterocycles. The molecule has 4 atom stereocenters. The third-order valence-electron chi connectivity index (χ3n) is 8.64. The largest absolute Gasteiger partial charge is 0.342 e. The summed E-state index contributed by atoms with van der Waals surface area (Å²) >= 11 is 0. The average molecular weight is 606 g/mol. The zero-order chi connectivity index (χ0) is 32.1. The monoisotopic (exact) mass is 605 g/mol. The van der Waals surface area contributed by atoms with Gasteiger partial charge in [0.1, 0.15) is 6.04 Å². The van der Waals surface area contributed by atoms with Crippen LogP contribution in [0.1, 0.15) is 71.4 Å². The number of carbonyl (C=O) groups is 3. The Labute approximate surface area is 265 Å². The van der Waals surface area contributed by atoms with Crippen LogP contribution in [-0.2, 0) is 27.2 Å². The lowest BCUT2D eigenvalue weighted by atomic mass is 9.85. The molecule has 8 heteroatoms. The van der Waals surface area contributed by atoms with Crippen molar-refractivity contribution in [3.8, 4) is 0 Å². The maximum atomic E-state index is 14.4. The smallest absolute Gasteiger partial charge is 0.246 e. The Hall–Kier alpha value is -3.23. The van der Waals surface area contributed by atoms with Crippen molar-refractivity contribution < 1.29 is 14.4 Å². The highest BCUT2D eigenvalue weighted by Crippen LogP contribution is 2.27. The third-order valence-corrected chi connectivity index (χ3v) is 8.64. The van der Waals surface area contributed by atoms with Gasteiger partial charge in [-0.05, 0) is 69.2 Å². The number of nitrogens with zero attached hydrogens (tertiary/aromatic N) is 2. The molecule has 1 aliphatic heterocycles. The molecule has 0 unspecified atom stereocenters. The maximum Gasteiger partial charge on any atom is 0.246 e. The van der Waals surface area contributed by atoms with Crippen molar-refractivity contribution >= 4 is 17.7 Å². The van der Waals surface area contributed by atoms with Gasteiger partial charge in [-0.15, -0.1) is 0 Å². The van der Waals surface area contributed by atoms with Gasteiger partial charge in [-0.25, -0.2) is 0 Å². The first-order valence-corrected chi connectivity index (χ1v) is 16.4. The minimum absolute atomic E-state index is 0.0729. The molecule has 0 aliphatic carbocycles. The second-order valence-electron chi connectivity index (χ2n) is 13.2. The number of likely N-dealkylation sites (N-methyl/N-ethyl adjacent to an activating group) is 1. The highest BCUT2D eigenvalue weighted by Gasteiger charge is 2.41. The minimum atomic E-state index is -0.665. The molecule has 0 aromatic heterocycles. The Kier molecular flexibility index (Phi) is 13.9. The van der Waals surface area contributed by atoms with Crippen molar-refractivity contribution in [3.05, 3.63) is 71.8 Å². The molecule has 3 amide bonds. The van der Waals surface area contributed by atoms with Gasteiger partial charge in [-0.3, -0.25) is 14.4 Å². The quantitative estimate of drug-likeness (QED) is 0.250. The van der Waals surface area contributed by atoms with Crippen LogP contribution in [0.4, 0.5) is 0 Å². The van der Waals surface area contributed by atoms with E-state index in [1.165, 1.54) is 5.56 Å². The standard InChI is InChI=1S/C36H55N5O3/c1-7-8-22-38-31(25-29-18-13-10-14-19-29)34(43)40(24-21-28-16-11-9-12-17-28)26-30-20-15-23-41(30)35(44)32(36(3,4)5)39-33(42)27(2)37-6/h9-14,16-19,27,30-32,37-38H,7-8,15,20-26H2,1-6H3,(H,39,42)/t27-,30-,31+,32+/m0/s1. The number of likely N-dealkylation sites (tertiary alicyclic amines) is 1. The first kappa shape index (κ1) is 35.3. The lowest BCUT2D eigenvalue weighted by Gasteiger charge is -2.38. The van der Waals surface area contributed by atoms with Crippen LogP contribution in [0.15, 0.2) is 60.7 Å². The lowest BCUT2D eigenvalue weighted by molar-refractivity contribution is -0.142. The van der Waals surface area contributed by atoms with E-state index in [4.69, 9.17) is 0 Å². The molecule has 2 aromatic rings. The van der Waals surface area contributed by atoms with Crippen molar-refractivity contribution in [3.63, 3.8) is 0 Å². The van der Waals surface area contributed by atoms with Crippen LogP contribution in [0.5, 0.6) is 0 Å². The zero-order valence-corrected chi connectivity index (χ0v) is 27.8. The van der Waals surface area contributed by atoms with E-state index in [0.29, 0.717) is 26.1 Å². The lowest BCUT2D eigenvalue weighted by Crippen LogP contribution is -2.59. The molecule has 1 heterocycles. The van der Waals surface area contributed by atoms with E-state index in [9.17, 15) is 14.4 Å². The highest BCUT2D eigenvalue weighted by molar-refractivity contribution is 5.90. The van der Waals surface area contributed by atoms with Gasteiger partial charge in [0.25, 0.3) is 0 Å². The van der Waals surface area contributed by atoms with Crippen LogP contribution in [0.2, 0.25) is 0 Å². The summed E-state index contributed by atoms with van der Waals surface area (Å²) in [5.41, 5.74) is 1.83. The molecular formula is C36H55N5O3. The summed E-state index contributed by atoms with van der Waals surface area (Å²) in [6, 6.07) is 18.9. The van der Waals surface area contributed by atoms with Gasteiger partial charge in [0.05, 0.1) is 12.1 Å². The van der Waals surface area contributed by atoms with E-state index in [1.807, 2.05) is 67.0 Å². The van der Waals surface area contributed by atoms with Crippen molar-refractivity contribution in [2.45, 2.75) is 97.3 Å². The molecule has 242 valence electrons. The summed E-state index contributed by atoms with van der Waals surface area (Å²) < 4.78 is 0. The van der Waals surface area contributed by atoms with E-state index < -0.39 is 17.5 Å². The summed E-state index contributed by atoms with van der Waals surface area (Å²) in [5, 5.41) is 9.54. The Morgan fingerprint density at radius 2 is 1.64 bits per heavy atom. The molecule has 2 aromatic carbocycles. The number of carbonyl (C=O) groups excluding carboxylic acids is 3. The van der Waals surface area contributed by atoms with Crippen LogP contribution < -0.4 is 16.0 Å². The fourth-order valence-electron chi connectivity index (χ4n) is 5.75. The Morgan fingerprint density at radius 1 is 1.00 bits per heavy atom. The molecule has 0 bridgehead atoms. The van der Waals surface area contributed by atoms with Crippen molar-refractivity contribution in [1.82, 2.24) is 25.8 Å². The Bertz CT molecular complexity index is 1170. The SMILES string of the molecule is CCCCN[C@H](Cc1ccccc1)C(=O)N(CCc1ccccc1)C[C@@H]1CCCN1C(=O)[C@@H](NC(=O)[C@H](C)NC)C(C)(C)C. The Balaban J connectivity index is 1.85. The van der Waals surface area contributed by atoms with Gasteiger partial charge in [0.15, 0.2) is 0 Å². The fourth-order valence-corrected chi connectivity index (χ4v) is 5.75. The molecule has 44 heavy (non-hydrogen) atoms. The molecule has 8 nitrogen and oxygen atoms in total. The first-order chi connectivity index (χ1) is 21.0. The van der Waals surface area contributed by atoms with Gasteiger partial charge in [-0.1, -0.05) is 94.8 Å². The van der Waals surface area contributed by atoms with E-state index >= 15 is 0 Å². The topological polar surface area (TPSA) is 93.8 Å². The number of hydrogen-bond donors (Lipinski definition) is 3. The zero-order valence-electron chi connectivity index (χ0n) is 27.8. The summed E-state index contributed by atoms with van der Waals surface area (Å²) in [6.07, 6.45) is 5.10. The van der Waals surface area contributed by atoms with Gasteiger partial charge in [0, 0.05) is 25.7 Å². The van der Waals surface area contributed by atoms with E-state index in [-0.39, 0.29) is 29.8 Å². The molecule has 0 spiro atoms. The normalized spacial score (nSPS) is 17.1. The molecule has 1 aliphatic rings. The predicted octanol–water partition coefficient (Wildman–Crippen LogP) is 4.19. The van der Waals surface area contributed by atoms with Gasteiger partial charge in [0.2, 0.25) is 17.7 Å². The number of rotatable bonds is 16. The van der Waals surface area contributed by atoms with Crippen LogP contribution in [0.3, 0.4) is 0 Å². The number of amides is 3. The highest BCUT2D eigenvalue weighted by atomic mass is 16.2. The number of hydrogen-bond acceptors (Lipinski definition) is 5. The number of unbranched alkanes of at least 4 members (excludes halogenated alkanes) is 1. The van der Waals surface area contributed by atoms with Crippen LogP contribution in [0, 0.1) is 5.41 Å². The van der Waals surface area contributed by atoms with Crippen LogP contribution >= 0.6 is 0 Å². The van der Waals surface area contributed by atoms with E-state index in [2.05, 4.69) is 47.1 Å². The first-order valence-electron chi connectivity index (χ1n) is 16.4. The summed E-state index contributed by atoms with van der Waals surface area (Å²) in [7, 11) is 1.73. The summed E-state index contributed by atoms with van der Waals surface area (Å²) in [5.74, 6) is -0.198.